The van der Waals surface area contributed by atoms with Gasteiger partial charge in [-0.3, -0.25) is 9.59 Å². The van der Waals surface area contributed by atoms with Gasteiger partial charge >= 0.3 is 11.9 Å². The molecule has 2 N–H and O–H groups in total. The molecule has 7 nitrogen and oxygen atoms in total. The Labute approximate surface area is 165 Å². The molecule has 1 heterocycles. The molecule has 0 bridgehead atoms. The highest BCUT2D eigenvalue weighted by molar-refractivity contribution is 6.42. The lowest BCUT2D eigenvalue weighted by Gasteiger charge is -2.23. The van der Waals surface area contributed by atoms with Gasteiger partial charge in [-0.15, -0.1) is 0 Å². The lowest BCUT2D eigenvalue weighted by atomic mass is 9.80. The summed E-state index contributed by atoms with van der Waals surface area (Å²) in [5, 5.41) is 23.6. The molecule has 0 aromatic heterocycles. The Balaban J connectivity index is 0.000000194. The second-order valence-corrected chi connectivity index (χ2v) is 6.88. The van der Waals surface area contributed by atoms with Crippen LogP contribution in [0, 0.1) is 5.41 Å². The number of benzene rings is 1. The molecule has 2 aliphatic rings. The monoisotopic (exact) mass is 410 g/mol. The van der Waals surface area contributed by atoms with Gasteiger partial charge in [-0.2, -0.15) is 5.10 Å². The van der Waals surface area contributed by atoms with E-state index in [4.69, 9.17) is 33.4 Å². The number of carboxylic acid groups (broad SMARTS) is 2. The number of nitrogens with zero attached hydrogens (tertiary/aromatic N) is 2. The van der Waals surface area contributed by atoms with Gasteiger partial charge in [0.1, 0.15) is 0 Å². The first kappa shape index (κ1) is 20.7. The molecule has 0 spiro atoms. The Morgan fingerprint density at radius 3 is 2.44 bits per heavy atom. The maximum atomic E-state index is 11.3. The number of allylic oxidation sites excluding steroid dienone is 2. The van der Waals surface area contributed by atoms with Crippen molar-refractivity contribution in [3.05, 3.63) is 52.0 Å². The molecule has 1 aliphatic heterocycles. The Morgan fingerprint density at radius 2 is 1.93 bits per heavy atom. The lowest BCUT2D eigenvalue weighted by molar-refractivity contribution is -0.145. The van der Waals surface area contributed by atoms with E-state index in [1.54, 1.807) is 24.4 Å². The number of amides is 1. The summed E-state index contributed by atoms with van der Waals surface area (Å²) in [5.41, 5.74) is -0.312. The molecule has 0 fully saturated rings. The van der Waals surface area contributed by atoms with Crippen molar-refractivity contribution in [1.82, 2.24) is 0 Å². The maximum absolute atomic E-state index is 11.3. The third kappa shape index (κ3) is 4.96. The number of carbonyl (C=O) groups is 3. The first-order valence-electron chi connectivity index (χ1n) is 7.79. The van der Waals surface area contributed by atoms with Gasteiger partial charge in [0.15, 0.2) is 0 Å². The highest BCUT2D eigenvalue weighted by Gasteiger charge is 2.34. The molecule has 1 aromatic rings. The van der Waals surface area contributed by atoms with E-state index < -0.39 is 17.4 Å². The molecular weight excluding hydrogens is 395 g/mol. The van der Waals surface area contributed by atoms with Crippen LogP contribution in [0.3, 0.4) is 0 Å². The van der Waals surface area contributed by atoms with Crippen molar-refractivity contribution >= 4 is 52.9 Å². The van der Waals surface area contributed by atoms with Crippen LogP contribution < -0.4 is 5.01 Å². The molecular formula is C18H16Cl2N2O5. The molecule has 142 valence electrons. The van der Waals surface area contributed by atoms with Crippen molar-refractivity contribution < 1.29 is 24.6 Å². The van der Waals surface area contributed by atoms with E-state index in [-0.39, 0.29) is 17.9 Å². The van der Waals surface area contributed by atoms with E-state index in [0.29, 0.717) is 22.2 Å². The van der Waals surface area contributed by atoms with Gasteiger partial charge in [0.2, 0.25) is 0 Å². The number of carboxylic acids is 2. The number of halogens is 2. The minimum absolute atomic E-state index is 0.0359. The fourth-order valence-electron chi connectivity index (χ4n) is 2.36. The van der Waals surface area contributed by atoms with Crippen LogP contribution in [0.4, 0.5) is 5.69 Å². The highest BCUT2D eigenvalue weighted by Crippen LogP contribution is 2.31. The smallest absolute Gasteiger partial charge is 0.331 e. The predicted molar refractivity (Wildman–Crippen MR) is 102 cm³/mol. The standard InChI is InChI=1S/C9H6Cl2N2O.C9H10O4/c10-7-2-1-6(5-8(7)11)13-9(14)3-4-12-13;1-9(8(12)13)4-2-3-6(5-9)7(10)11/h1-2,4-5H,3H2;2-4H,5H2,1H3,(H,10,11)(H,12,13). The van der Waals surface area contributed by atoms with Gasteiger partial charge in [-0.1, -0.05) is 41.4 Å². The second kappa shape index (κ2) is 8.37. The molecule has 1 aromatic carbocycles. The van der Waals surface area contributed by atoms with Crippen LogP contribution in [-0.4, -0.2) is 34.3 Å². The van der Waals surface area contributed by atoms with Crippen LogP contribution in [0.2, 0.25) is 10.0 Å². The number of anilines is 1. The van der Waals surface area contributed by atoms with Crippen molar-refractivity contribution in [2.45, 2.75) is 19.8 Å². The average Bonchev–Trinajstić information content (AvgIpc) is 3.04. The third-order valence-corrected chi connectivity index (χ3v) is 4.67. The molecule has 1 amide bonds. The highest BCUT2D eigenvalue weighted by atomic mass is 35.5. The third-order valence-electron chi connectivity index (χ3n) is 3.93. The summed E-state index contributed by atoms with van der Waals surface area (Å²) >= 11 is 11.6. The SMILES string of the molecule is CC1(C(=O)O)C=CC=C(C(=O)O)C1.O=C1CC=NN1c1ccc(Cl)c(Cl)c1. The number of hydrazone groups is 1. The number of aliphatic carboxylic acids is 2. The van der Waals surface area contributed by atoms with Crippen LogP contribution >= 0.6 is 23.2 Å². The first-order valence-corrected chi connectivity index (χ1v) is 8.55. The number of hydrogen-bond acceptors (Lipinski definition) is 4. The largest absolute Gasteiger partial charge is 0.481 e. The maximum Gasteiger partial charge on any atom is 0.331 e. The zero-order valence-corrected chi connectivity index (χ0v) is 15.7. The molecule has 0 saturated heterocycles. The summed E-state index contributed by atoms with van der Waals surface area (Å²) in [4.78, 5) is 32.6. The van der Waals surface area contributed by atoms with E-state index >= 15 is 0 Å². The minimum atomic E-state index is -1.08. The summed E-state index contributed by atoms with van der Waals surface area (Å²) in [6, 6.07) is 4.96. The van der Waals surface area contributed by atoms with Gasteiger partial charge in [-0.05, 0) is 31.5 Å². The van der Waals surface area contributed by atoms with Crippen molar-refractivity contribution in [2.24, 2.45) is 10.5 Å². The average molecular weight is 411 g/mol. The van der Waals surface area contributed by atoms with Crippen LogP contribution in [0.15, 0.2) is 47.1 Å². The van der Waals surface area contributed by atoms with Crippen LogP contribution in [0.25, 0.3) is 0 Å². The molecule has 0 saturated carbocycles. The molecule has 0 radical (unpaired) electrons. The summed E-state index contributed by atoms with van der Waals surface area (Å²) in [5.74, 6) is -2.13. The van der Waals surface area contributed by atoms with E-state index in [1.165, 1.54) is 30.2 Å². The molecule has 27 heavy (non-hydrogen) atoms. The van der Waals surface area contributed by atoms with Crippen molar-refractivity contribution in [2.75, 3.05) is 5.01 Å². The topological polar surface area (TPSA) is 107 Å². The quantitative estimate of drug-likeness (QED) is 0.788. The summed E-state index contributed by atoms with van der Waals surface area (Å²) in [6.45, 7) is 1.50. The normalized spacial score (nSPS) is 20.8. The zero-order valence-electron chi connectivity index (χ0n) is 14.2. The summed E-state index contributed by atoms with van der Waals surface area (Å²) < 4.78 is 0. The van der Waals surface area contributed by atoms with E-state index in [2.05, 4.69) is 5.10 Å². The van der Waals surface area contributed by atoms with Gasteiger partial charge in [0, 0.05) is 11.8 Å². The van der Waals surface area contributed by atoms with Gasteiger partial charge in [-0.25, -0.2) is 9.80 Å². The van der Waals surface area contributed by atoms with Gasteiger partial charge < -0.3 is 10.2 Å². The number of carbonyl (C=O) groups excluding carboxylic acids is 1. The minimum Gasteiger partial charge on any atom is -0.481 e. The van der Waals surface area contributed by atoms with Crippen molar-refractivity contribution in [1.29, 1.82) is 0 Å². The van der Waals surface area contributed by atoms with Crippen LogP contribution in [0.5, 0.6) is 0 Å². The molecule has 1 atom stereocenters. The Bertz CT molecular complexity index is 879. The molecule has 3 rings (SSSR count). The van der Waals surface area contributed by atoms with Crippen molar-refractivity contribution in [3.63, 3.8) is 0 Å². The Hall–Kier alpha value is -2.64. The Morgan fingerprint density at radius 1 is 1.22 bits per heavy atom. The van der Waals surface area contributed by atoms with E-state index in [1.807, 2.05) is 0 Å². The van der Waals surface area contributed by atoms with E-state index in [0.717, 1.165) is 0 Å². The van der Waals surface area contributed by atoms with Crippen molar-refractivity contribution in [3.8, 4) is 0 Å². The van der Waals surface area contributed by atoms with Gasteiger partial charge in [0.05, 0.1) is 27.6 Å². The fraction of sp³-hybridized carbons (Fsp3) is 0.222. The number of rotatable bonds is 3. The molecule has 9 heteroatoms. The zero-order chi connectivity index (χ0) is 20.2. The molecule has 1 unspecified atom stereocenters. The fourth-order valence-corrected chi connectivity index (χ4v) is 2.66. The number of hydrogen-bond donors (Lipinski definition) is 2. The van der Waals surface area contributed by atoms with E-state index in [9.17, 15) is 14.4 Å². The Kier molecular flexibility index (Phi) is 6.41. The summed E-state index contributed by atoms with van der Waals surface area (Å²) in [7, 11) is 0. The predicted octanol–water partition coefficient (Wildman–Crippen LogP) is 3.76. The lowest BCUT2D eigenvalue weighted by Crippen LogP contribution is -2.28. The van der Waals surface area contributed by atoms with Crippen LogP contribution in [0.1, 0.15) is 19.8 Å². The second-order valence-electron chi connectivity index (χ2n) is 6.06. The van der Waals surface area contributed by atoms with Crippen LogP contribution in [-0.2, 0) is 14.4 Å². The summed E-state index contributed by atoms with van der Waals surface area (Å²) in [6.07, 6.45) is 6.33. The molecule has 1 aliphatic carbocycles. The first-order chi connectivity index (χ1) is 12.6. The van der Waals surface area contributed by atoms with Gasteiger partial charge in [0.25, 0.3) is 5.91 Å².